The van der Waals surface area contributed by atoms with Gasteiger partial charge in [-0.25, -0.2) is 9.78 Å². The Labute approximate surface area is 247 Å². The number of Topliss-reactive ketones (excluding diaryl/α,β-unsaturated/α-hetero) is 1. The maximum atomic E-state index is 13.5. The summed E-state index contributed by atoms with van der Waals surface area (Å²) in [6, 6.07) is 13.2. The summed E-state index contributed by atoms with van der Waals surface area (Å²) in [6.45, 7) is 8.27. The molecule has 13 heteroatoms. The highest BCUT2D eigenvalue weighted by atomic mass is 16.5. The number of methoxy groups -OCH3 is 1. The molecule has 0 radical (unpaired) electrons. The minimum atomic E-state index is -1.04. The Kier molecular flexibility index (Phi) is 9.12. The first-order valence-electron chi connectivity index (χ1n) is 13.5. The average molecular weight is 588 g/mol. The predicted molar refractivity (Wildman–Crippen MR) is 156 cm³/mol. The third kappa shape index (κ3) is 6.66. The van der Waals surface area contributed by atoms with Crippen LogP contribution in [0.4, 0.5) is 10.5 Å². The number of aromatic nitrogens is 5. The van der Waals surface area contributed by atoms with Gasteiger partial charge in [0.15, 0.2) is 0 Å². The molecule has 0 spiro atoms. The number of aryl methyl sites for hydroxylation is 1. The number of pyridine rings is 1. The van der Waals surface area contributed by atoms with Gasteiger partial charge in [0.05, 0.1) is 30.0 Å². The molecule has 0 aliphatic carbocycles. The van der Waals surface area contributed by atoms with E-state index in [4.69, 9.17) is 4.42 Å². The molecule has 1 aromatic carbocycles. The molecule has 13 nitrogen and oxygen atoms in total. The lowest BCUT2D eigenvalue weighted by molar-refractivity contribution is -0.122. The second kappa shape index (κ2) is 12.8. The predicted octanol–water partition coefficient (Wildman–Crippen LogP) is 3.52. The summed E-state index contributed by atoms with van der Waals surface area (Å²) in [7, 11) is 1.16. The highest BCUT2D eigenvalue weighted by Crippen LogP contribution is 2.29. The maximum Gasteiger partial charge on any atom is 0.411 e. The molecule has 4 rings (SSSR count). The smallest absolute Gasteiger partial charge is 0.411 e. The van der Waals surface area contributed by atoms with Crippen LogP contribution in [-0.2, 0) is 21.5 Å². The fraction of sp³-hybridized carbons (Fsp3) is 0.333. The first-order valence-corrected chi connectivity index (χ1v) is 13.5. The van der Waals surface area contributed by atoms with E-state index >= 15 is 0 Å². The largest absolute Gasteiger partial charge is 0.453 e. The van der Waals surface area contributed by atoms with Crippen molar-refractivity contribution in [1.29, 1.82) is 0 Å². The lowest BCUT2D eigenvalue weighted by Gasteiger charge is -2.21. The quantitative estimate of drug-likeness (QED) is 0.262. The third-order valence-corrected chi connectivity index (χ3v) is 6.84. The number of hydrogen-bond acceptors (Lipinski definition) is 10. The summed E-state index contributed by atoms with van der Waals surface area (Å²) in [6.07, 6.45) is 0.789. The molecule has 3 heterocycles. The number of hydrogen-bond donors (Lipinski definition) is 2. The zero-order valence-corrected chi connectivity index (χ0v) is 24.7. The van der Waals surface area contributed by atoms with Gasteiger partial charge >= 0.3 is 6.09 Å². The van der Waals surface area contributed by atoms with Crippen LogP contribution in [0.1, 0.15) is 55.7 Å². The van der Waals surface area contributed by atoms with E-state index in [-0.39, 0.29) is 34.9 Å². The minimum absolute atomic E-state index is 0.135. The van der Waals surface area contributed by atoms with Crippen LogP contribution in [0.5, 0.6) is 0 Å². The Morgan fingerprint density at radius 1 is 1.05 bits per heavy atom. The summed E-state index contributed by atoms with van der Waals surface area (Å²) in [5.41, 5.74) is -0.0825. The molecule has 2 amide bonds. The van der Waals surface area contributed by atoms with Gasteiger partial charge in [0.1, 0.15) is 18.1 Å². The molecule has 0 saturated carbocycles. The first-order chi connectivity index (χ1) is 20.4. The topological polar surface area (TPSA) is 171 Å². The van der Waals surface area contributed by atoms with Crippen molar-refractivity contribution in [2.75, 3.05) is 12.4 Å². The van der Waals surface area contributed by atoms with Crippen molar-refractivity contribution in [3.8, 4) is 11.4 Å². The van der Waals surface area contributed by atoms with Gasteiger partial charge in [-0.15, -0.1) is 10.2 Å². The zero-order valence-electron chi connectivity index (χ0n) is 24.7. The molecule has 43 heavy (non-hydrogen) atoms. The summed E-state index contributed by atoms with van der Waals surface area (Å²) in [5.74, 6) is -1.45. The van der Waals surface area contributed by atoms with Gasteiger partial charge in [-0.1, -0.05) is 50.2 Å². The Balaban J connectivity index is 1.62. The first kappa shape index (κ1) is 30.8. The monoisotopic (exact) mass is 587 g/mol. The molecule has 0 fully saturated rings. The fourth-order valence-corrected chi connectivity index (χ4v) is 4.36. The van der Waals surface area contributed by atoms with E-state index in [0.29, 0.717) is 11.3 Å². The van der Waals surface area contributed by atoms with Crippen molar-refractivity contribution >= 4 is 23.5 Å². The van der Waals surface area contributed by atoms with Crippen LogP contribution in [0.3, 0.4) is 0 Å². The Hall–Kier alpha value is -5.20. The standard InChI is InChI=1S/C30H33N7O6/c1-17(2)22(24(39)26-35-36-28(43-26)30(4,5)20-14-10-11-15-31-20)33-21(38)16-37-25(19-12-8-7-9-13-19)32-18(3)23(27(37)40)34-29(41)42-6/h7-15,17,22H,16H2,1-6H3,(H,33,38)(H,34,41)/t22-/m0/s1. The molecule has 0 saturated heterocycles. The molecular formula is C30H33N7O6. The van der Waals surface area contributed by atoms with Gasteiger partial charge < -0.3 is 14.5 Å². The molecule has 1 atom stereocenters. The van der Waals surface area contributed by atoms with Gasteiger partial charge in [-0.05, 0) is 38.8 Å². The highest BCUT2D eigenvalue weighted by molar-refractivity contribution is 5.98. The van der Waals surface area contributed by atoms with E-state index in [0.717, 1.165) is 11.7 Å². The molecule has 2 N–H and O–H groups in total. The molecule has 0 aliphatic rings. The van der Waals surface area contributed by atoms with E-state index in [1.807, 2.05) is 26.0 Å². The van der Waals surface area contributed by atoms with Gasteiger partial charge in [-0.3, -0.25) is 29.3 Å². The van der Waals surface area contributed by atoms with Crippen molar-refractivity contribution < 1.29 is 23.5 Å². The summed E-state index contributed by atoms with van der Waals surface area (Å²) in [5, 5.41) is 13.1. The summed E-state index contributed by atoms with van der Waals surface area (Å²) >= 11 is 0. The van der Waals surface area contributed by atoms with E-state index in [2.05, 4.69) is 35.5 Å². The van der Waals surface area contributed by atoms with Crippen LogP contribution in [0.25, 0.3) is 11.4 Å². The van der Waals surface area contributed by atoms with Crippen LogP contribution in [-0.4, -0.2) is 55.7 Å². The number of amides is 2. The van der Waals surface area contributed by atoms with Crippen molar-refractivity contribution in [3.63, 3.8) is 0 Å². The van der Waals surface area contributed by atoms with Crippen LogP contribution < -0.4 is 16.2 Å². The average Bonchev–Trinajstić information content (AvgIpc) is 3.51. The number of nitrogens with one attached hydrogen (secondary N) is 2. The number of nitrogens with zero attached hydrogens (tertiary/aromatic N) is 5. The van der Waals surface area contributed by atoms with Crippen molar-refractivity contribution in [2.24, 2.45) is 5.92 Å². The van der Waals surface area contributed by atoms with Crippen LogP contribution in [0.2, 0.25) is 0 Å². The fourth-order valence-electron chi connectivity index (χ4n) is 4.36. The minimum Gasteiger partial charge on any atom is -0.453 e. The number of carbonyl (C=O) groups is 3. The zero-order chi connectivity index (χ0) is 31.3. The highest BCUT2D eigenvalue weighted by Gasteiger charge is 2.35. The van der Waals surface area contributed by atoms with Gasteiger partial charge in [0.25, 0.3) is 11.4 Å². The Morgan fingerprint density at radius 3 is 2.37 bits per heavy atom. The van der Waals surface area contributed by atoms with Gasteiger partial charge in [0.2, 0.25) is 17.6 Å². The van der Waals surface area contributed by atoms with Crippen molar-refractivity contribution in [1.82, 2.24) is 30.0 Å². The molecule has 0 unspecified atom stereocenters. The lowest BCUT2D eigenvalue weighted by Crippen LogP contribution is -2.47. The number of rotatable bonds is 10. The molecular weight excluding hydrogens is 554 g/mol. The molecule has 224 valence electrons. The third-order valence-electron chi connectivity index (χ3n) is 6.84. The molecule has 3 aromatic heterocycles. The van der Waals surface area contributed by atoms with Crippen molar-refractivity contribution in [3.05, 3.63) is 88.3 Å². The van der Waals surface area contributed by atoms with Crippen LogP contribution in [0, 0.1) is 12.8 Å². The number of ether oxygens (including phenoxy) is 1. The SMILES string of the molecule is COC(=O)Nc1c(C)nc(-c2ccccc2)n(CC(=O)N[C@H](C(=O)c2nnc(C(C)(C)c3ccccn3)o2)C(C)C)c1=O. The summed E-state index contributed by atoms with van der Waals surface area (Å²) < 4.78 is 11.5. The summed E-state index contributed by atoms with van der Waals surface area (Å²) in [4.78, 5) is 61.2. The molecule has 4 aromatic rings. The van der Waals surface area contributed by atoms with E-state index in [9.17, 15) is 19.2 Å². The van der Waals surface area contributed by atoms with Gasteiger partial charge in [-0.2, -0.15) is 0 Å². The normalized spacial score (nSPS) is 12.1. The van der Waals surface area contributed by atoms with E-state index in [1.54, 1.807) is 63.4 Å². The van der Waals surface area contributed by atoms with Crippen molar-refractivity contribution in [2.45, 2.75) is 52.6 Å². The number of carbonyl (C=O) groups excluding carboxylic acids is 3. The second-order valence-corrected chi connectivity index (χ2v) is 10.7. The molecule has 0 aliphatic heterocycles. The Bertz CT molecular complexity index is 1680. The van der Waals surface area contributed by atoms with Crippen LogP contribution >= 0.6 is 0 Å². The number of benzene rings is 1. The van der Waals surface area contributed by atoms with Gasteiger partial charge in [0, 0.05) is 11.8 Å². The molecule has 0 bridgehead atoms. The number of anilines is 1. The van der Waals surface area contributed by atoms with E-state index < -0.39 is 41.3 Å². The maximum absolute atomic E-state index is 13.5. The Morgan fingerprint density at radius 2 is 1.74 bits per heavy atom. The number of ketones is 1. The second-order valence-electron chi connectivity index (χ2n) is 10.7. The lowest BCUT2D eigenvalue weighted by atomic mass is 9.89. The van der Waals surface area contributed by atoms with Crippen LogP contribution in [0.15, 0.2) is 63.9 Å². The van der Waals surface area contributed by atoms with E-state index in [1.165, 1.54) is 0 Å².